The molecule has 1 heterocycles. The third-order valence-corrected chi connectivity index (χ3v) is 4.34. The standard InChI is InChI=1S/C11H14N4O2S/c1-14-8-9(7-13-14)18(16,17)15(2)11-6-4-3-5-10(11)12/h3-8H,12H2,1-2H3. The Bertz CT molecular complexity index is 663. The van der Waals surface area contributed by atoms with Crippen LogP contribution in [0, 0.1) is 0 Å². The highest BCUT2D eigenvalue weighted by Crippen LogP contribution is 2.26. The molecular formula is C11H14N4O2S. The summed E-state index contributed by atoms with van der Waals surface area (Å²) < 4.78 is 27.2. The Kier molecular flexibility index (Phi) is 3.00. The van der Waals surface area contributed by atoms with Gasteiger partial charge in [-0.25, -0.2) is 8.42 Å². The van der Waals surface area contributed by atoms with Gasteiger partial charge in [0.2, 0.25) is 0 Å². The predicted molar refractivity (Wildman–Crippen MR) is 69.7 cm³/mol. The smallest absolute Gasteiger partial charge is 0.267 e. The minimum atomic E-state index is -3.62. The van der Waals surface area contributed by atoms with Gasteiger partial charge in [-0.05, 0) is 12.1 Å². The molecule has 2 N–H and O–H groups in total. The number of aryl methyl sites for hydroxylation is 1. The Morgan fingerprint density at radius 1 is 1.33 bits per heavy atom. The zero-order valence-corrected chi connectivity index (χ0v) is 10.9. The molecule has 0 amide bonds. The van der Waals surface area contributed by atoms with E-state index in [2.05, 4.69) is 5.10 Å². The third-order valence-electron chi connectivity index (χ3n) is 2.62. The van der Waals surface area contributed by atoms with Crippen LogP contribution in [0.4, 0.5) is 11.4 Å². The molecule has 0 unspecified atom stereocenters. The second kappa shape index (κ2) is 4.34. The Morgan fingerprint density at radius 2 is 2.00 bits per heavy atom. The van der Waals surface area contributed by atoms with Crippen molar-refractivity contribution in [1.29, 1.82) is 0 Å². The molecule has 1 aromatic carbocycles. The van der Waals surface area contributed by atoms with E-state index in [-0.39, 0.29) is 4.90 Å². The molecule has 96 valence electrons. The molecule has 0 saturated heterocycles. The largest absolute Gasteiger partial charge is 0.397 e. The van der Waals surface area contributed by atoms with E-state index < -0.39 is 10.0 Å². The van der Waals surface area contributed by atoms with Crippen molar-refractivity contribution in [2.24, 2.45) is 7.05 Å². The lowest BCUT2D eigenvalue weighted by Gasteiger charge is -2.19. The number of nitrogens with two attached hydrogens (primary N) is 1. The molecule has 18 heavy (non-hydrogen) atoms. The number of sulfonamides is 1. The van der Waals surface area contributed by atoms with E-state index in [0.29, 0.717) is 11.4 Å². The summed E-state index contributed by atoms with van der Waals surface area (Å²) in [5.74, 6) is 0. The van der Waals surface area contributed by atoms with E-state index in [4.69, 9.17) is 5.73 Å². The first kappa shape index (κ1) is 12.4. The highest BCUT2D eigenvalue weighted by molar-refractivity contribution is 7.92. The van der Waals surface area contributed by atoms with Crippen LogP contribution in [0.2, 0.25) is 0 Å². The quantitative estimate of drug-likeness (QED) is 0.834. The van der Waals surface area contributed by atoms with Crippen LogP contribution in [-0.4, -0.2) is 25.2 Å². The summed E-state index contributed by atoms with van der Waals surface area (Å²) in [5, 5.41) is 3.86. The first-order chi connectivity index (χ1) is 8.43. The van der Waals surface area contributed by atoms with Crippen LogP contribution >= 0.6 is 0 Å². The lowest BCUT2D eigenvalue weighted by Crippen LogP contribution is -2.27. The van der Waals surface area contributed by atoms with Gasteiger partial charge in [0.1, 0.15) is 4.90 Å². The molecule has 0 bridgehead atoms. The fraction of sp³-hybridized carbons (Fsp3) is 0.182. The van der Waals surface area contributed by atoms with Gasteiger partial charge in [-0.2, -0.15) is 5.10 Å². The second-order valence-corrected chi connectivity index (χ2v) is 5.85. The number of para-hydroxylation sites is 2. The first-order valence-corrected chi connectivity index (χ1v) is 6.69. The lowest BCUT2D eigenvalue weighted by molar-refractivity contribution is 0.594. The molecule has 0 aliphatic rings. The Morgan fingerprint density at radius 3 is 2.56 bits per heavy atom. The predicted octanol–water partition coefficient (Wildman–Crippen LogP) is 0.827. The van der Waals surface area contributed by atoms with Crippen LogP contribution in [-0.2, 0) is 17.1 Å². The van der Waals surface area contributed by atoms with Crippen molar-refractivity contribution in [3.63, 3.8) is 0 Å². The summed E-state index contributed by atoms with van der Waals surface area (Å²) in [5.41, 5.74) is 6.63. The molecule has 2 aromatic rings. The summed E-state index contributed by atoms with van der Waals surface area (Å²) >= 11 is 0. The van der Waals surface area contributed by atoms with E-state index in [1.807, 2.05) is 0 Å². The van der Waals surface area contributed by atoms with Gasteiger partial charge in [0.05, 0.1) is 17.6 Å². The summed E-state index contributed by atoms with van der Waals surface area (Å²) in [6.07, 6.45) is 2.76. The van der Waals surface area contributed by atoms with Gasteiger partial charge in [0.15, 0.2) is 0 Å². The normalized spacial score (nSPS) is 11.4. The van der Waals surface area contributed by atoms with Gasteiger partial charge < -0.3 is 5.73 Å². The first-order valence-electron chi connectivity index (χ1n) is 5.25. The monoisotopic (exact) mass is 266 g/mol. The minimum Gasteiger partial charge on any atom is -0.397 e. The maximum Gasteiger partial charge on any atom is 0.267 e. The van der Waals surface area contributed by atoms with Crippen LogP contribution in [0.5, 0.6) is 0 Å². The SMILES string of the molecule is CN(c1ccccc1N)S(=O)(=O)c1cnn(C)c1. The average Bonchev–Trinajstić information content (AvgIpc) is 2.76. The Balaban J connectivity index is 2.46. The Hall–Kier alpha value is -2.02. The molecule has 0 fully saturated rings. The van der Waals surface area contributed by atoms with Crippen molar-refractivity contribution in [1.82, 2.24) is 9.78 Å². The zero-order chi connectivity index (χ0) is 13.3. The number of aromatic nitrogens is 2. The summed E-state index contributed by atoms with van der Waals surface area (Å²) in [7, 11) is -0.495. The number of nitrogens with zero attached hydrogens (tertiary/aromatic N) is 3. The van der Waals surface area contributed by atoms with E-state index in [1.165, 1.54) is 24.1 Å². The molecular weight excluding hydrogens is 252 g/mol. The van der Waals surface area contributed by atoms with Gasteiger partial charge in [0.25, 0.3) is 10.0 Å². The highest BCUT2D eigenvalue weighted by Gasteiger charge is 2.23. The molecule has 0 aliphatic heterocycles. The molecule has 0 aliphatic carbocycles. The maximum absolute atomic E-state index is 12.3. The van der Waals surface area contributed by atoms with Crippen molar-refractivity contribution >= 4 is 21.4 Å². The van der Waals surface area contributed by atoms with Crippen molar-refractivity contribution < 1.29 is 8.42 Å². The van der Waals surface area contributed by atoms with E-state index >= 15 is 0 Å². The van der Waals surface area contributed by atoms with Crippen molar-refractivity contribution in [3.8, 4) is 0 Å². The fourth-order valence-corrected chi connectivity index (χ4v) is 2.80. The van der Waals surface area contributed by atoms with Crippen LogP contribution in [0.15, 0.2) is 41.6 Å². The van der Waals surface area contributed by atoms with Crippen LogP contribution < -0.4 is 10.0 Å². The van der Waals surface area contributed by atoms with E-state index in [0.717, 1.165) is 4.31 Å². The van der Waals surface area contributed by atoms with Crippen LogP contribution in [0.3, 0.4) is 0 Å². The maximum atomic E-state index is 12.3. The second-order valence-electron chi connectivity index (χ2n) is 3.88. The number of nitrogen functional groups attached to an aromatic ring is 1. The van der Waals surface area contributed by atoms with Crippen LogP contribution in [0.1, 0.15) is 0 Å². The number of rotatable bonds is 3. The molecule has 0 spiro atoms. The van der Waals surface area contributed by atoms with Gasteiger partial charge >= 0.3 is 0 Å². The number of hydrogen-bond donors (Lipinski definition) is 1. The third kappa shape index (κ3) is 2.04. The van der Waals surface area contributed by atoms with Crippen molar-refractivity contribution in [3.05, 3.63) is 36.7 Å². The average molecular weight is 266 g/mol. The summed E-state index contributed by atoms with van der Waals surface area (Å²) in [6.45, 7) is 0. The molecule has 1 aromatic heterocycles. The van der Waals surface area contributed by atoms with E-state index in [9.17, 15) is 8.42 Å². The van der Waals surface area contributed by atoms with Gasteiger partial charge in [0, 0.05) is 20.3 Å². The van der Waals surface area contributed by atoms with Crippen molar-refractivity contribution in [2.45, 2.75) is 4.90 Å². The highest BCUT2D eigenvalue weighted by atomic mass is 32.2. The summed E-state index contributed by atoms with van der Waals surface area (Å²) in [4.78, 5) is 0.135. The zero-order valence-electron chi connectivity index (χ0n) is 10.1. The topological polar surface area (TPSA) is 81.2 Å². The molecule has 0 saturated carbocycles. The van der Waals surface area contributed by atoms with E-state index in [1.54, 1.807) is 31.3 Å². The number of benzene rings is 1. The molecule has 0 atom stereocenters. The van der Waals surface area contributed by atoms with Gasteiger partial charge in [-0.15, -0.1) is 0 Å². The number of anilines is 2. The Labute approximate surface area is 106 Å². The molecule has 7 heteroatoms. The van der Waals surface area contributed by atoms with Crippen LogP contribution in [0.25, 0.3) is 0 Å². The minimum absolute atomic E-state index is 0.135. The van der Waals surface area contributed by atoms with Gasteiger partial charge in [-0.3, -0.25) is 8.99 Å². The van der Waals surface area contributed by atoms with Gasteiger partial charge in [-0.1, -0.05) is 12.1 Å². The lowest BCUT2D eigenvalue weighted by atomic mass is 10.3. The molecule has 6 nitrogen and oxygen atoms in total. The summed E-state index contributed by atoms with van der Waals surface area (Å²) in [6, 6.07) is 6.80. The fourth-order valence-electron chi connectivity index (χ4n) is 1.59. The van der Waals surface area contributed by atoms with Crippen molar-refractivity contribution in [2.75, 3.05) is 17.1 Å². The molecule has 0 radical (unpaired) electrons. The molecule has 2 rings (SSSR count). The number of hydrogen-bond acceptors (Lipinski definition) is 4.